The standard InChI is InChI=1S/C20H18N6O3/c1-24-17-16(18(27)25(2)20(24)29)26(12-21-17)19(28)23-15-10-8-14(9-11-15)22-13-6-4-3-5-7-13/h3-12,22H,1-2H3,(H,23,28). The van der Waals surface area contributed by atoms with Gasteiger partial charge in [-0.2, -0.15) is 0 Å². The van der Waals surface area contributed by atoms with Crippen molar-refractivity contribution in [1.29, 1.82) is 0 Å². The molecule has 1 amide bonds. The second kappa shape index (κ2) is 7.12. The number of carbonyl (C=O) groups excluding carboxylic acids is 1. The van der Waals surface area contributed by atoms with E-state index in [0.717, 1.165) is 20.5 Å². The van der Waals surface area contributed by atoms with E-state index in [4.69, 9.17) is 0 Å². The maximum absolute atomic E-state index is 12.7. The summed E-state index contributed by atoms with van der Waals surface area (Å²) in [6.45, 7) is 0. The molecule has 9 nitrogen and oxygen atoms in total. The van der Waals surface area contributed by atoms with Gasteiger partial charge < -0.3 is 10.6 Å². The van der Waals surface area contributed by atoms with Crippen LogP contribution >= 0.6 is 0 Å². The van der Waals surface area contributed by atoms with Crippen LogP contribution in [0.3, 0.4) is 0 Å². The average molecular weight is 390 g/mol. The Balaban J connectivity index is 1.59. The maximum Gasteiger partial charge on any atom is 0.332 e. The van der Waals surface area contributed by atoms with Gasteiger partial charge >= 0.3 is 11.7 Å². The molecule has 0 aliphatic carbocycles. The number of rotatable bonds is 3. The third-order valence-electron chi connectivity index (χ3n) is 4.56. The van der Waals surface area contributed by atoms with E-state index in [0.29, 0.717) is 5.69 Å². The van der Waals surface area contributed by atoms with Gasteiger partial charge in [-0.05, 0) is 36.4 Å². The number of para-hydroxylation sites is 1. The zero-order valence-corrected chi connectivity index (χ0v) is 15.8. The molecule has 2 aromatic heterocycles. The molecule has 0 atom stereocenters. The van der Waals surface area contributed by atoms with E-state index in [2.05, 4.69) is 15.6 Å². The normalized spacial score (nSPS) is 10.8. The summed E-state index contributed by atoms with van der Waals surface area (Å²) in [6.07, 6.45) is 1.23. The maximum atomic E-state index is 12.7. The molecular weight excluding hydrogens is 372 g/mol. The van der Waals surface area contributed by atoms with Crippen molar-refractivity contribution in [1.82, 2.24) is 18.7 Å². The van der Waals surface area contributed by atoms with E-state index >= 15 is 0 Å². The lowest BCUT2D eigenvalue weighted by atomic mass is 10.2. The Kier molecular flexibility index (Phi) is 4.47. The van der Waals surface area contributed by atoms with E-state index in [1.54, 1.807) is 12.1 Å². The SMILES string of the molecule is Cn1c(=O)c2c(ncn2C(=O)Nc2ccc(Nc3ccccc3)cc2)n(C)c1=O. The Hall–Kier alpha value is -4.14. The molecule has 2 N–H and O–H groups in total. The molecule has 0 saturated heterocycles. The zero-order valence-electron chi connectivity index (χ0n) is 15.8. The molecule has 29 heavy (non-hydrogen) atoms. The molecule has 0 spiro atoms. The van der Waals surface area contributed by atoms with Gasteiger partial charge in [-0.1, -0.05) is 18.2 Å². The minimum absolute atomic E-state index is 0.0365. The van der Waals surface area contributed by atoms with Crippen LogP contribution in [-0.4, -0.2) is 24.7 Å². The first-order valence-electron chi connectivity index (χ1n) is 8.82. The molecule has 0 aliphatic heterocycles. The van der Waals surface area contributed by atoms with Crippen LogP contribution in [0.5, 0.6) is 0 Å². The lowest BCUT2D eigenvalue weighted by Crippen LogP contribution is -2.38. The molecule has 0 radical (unpaired) electrons. The summed E-state index contributed by atoms with van der Waals surface area (Å²) in [5.41, 5.74) is 1.47. The molecule has 0 aliphatic rings. The van der Waals surface area contributed by atoms with Gasteiger partial charge in [0.25, 0.3) is 5.56 Å². The monoisotopic (exact) mass is 390 g/mol. The van der Waals surface area contributed by atoms with Crippen LogP contribution in [0.25, 0.3) is 11.2 Å². The van der Waals surface area contributed by atoms with E-state index in [1.165, 1.54) is 25.0 Å². The van der Waals surface area contributed by atoms with Crippen molar-refractivity contribution in [2.75, 3.05) is 10.6 Å². The van der Waals surface area contributed by atoms with Crippen molar-refractivity contribution < 1.29 is 4.79 Å². The Morgan fingerprint density at radius 2 is 1.48 bits per heavy atom. The molecule has 4 aromatic rings. The Bertz CT molecular complexity index is 1320. The number of fused-ring (bicyclic) bond motifs is 1. The van der Waals surface area contributed by atoms with Crippen molar-refractivity contribution in [3.63, 3.8) is 0 Å². The topological polar surface area (TPSA) is 103 Å². The molecule has 146 valence electrons. The van der Waals surface area contributed by atoms with Crippen LogP contribution in [0, 0.1) is 0 Å². The third-order valence-corrected chi connectivity index (χ3v) is 4.56. The average Bonchev–Trinajstić information content (AvgIpc) is 3.18. The number of aromatic nitrogens is 4. The minimum atomic E-state index is -0.585. The van der Waals surface area contributed by atoms with Crippen molar-refractivity contribution in [3.05, 3.63) is 81.8 Å². The smallest absolute Gasteiger partial charge is 0.332 e. The lowest BCUT2D eigenvalue weighted by molar-refractivity contribution is 0.254. The van der Waals surface area contributed by atoms with Gasteiger partial charge in [-0.25, -0.2) is 19.1 Å². The first kappa shape index (κ1) is 18.2. The highest BCUT2D eigenvalue weighted by Gasteiger charge is 2.18. The number of hydrogen-bond acceptors (Lipinski definition) is 5. The van der Waals surface area contributed by atoms with Gasteiger partial charge in [0, 0.05) is 31.2 Å². The summed E-state index contributed by atoms with van der Waals surface area (Å²) in [4.78, 5) is 41.2. The van der Waals surface area contributed by atoms with Crippen LogP contribution in [0.1, 0.15) is 0 Å². The van der Waals surface area contributed by atoms with Crippen molar-refractivity contribution in [3.8, 4) is 0 Å². The number of nitrogens with zero attached hydrogens (tertiary/aromatic N) is 4. The molecule has 0 unspecified atom stereocenters. The fraction of sp³-hybridized carbons (Fsp3) is 0.100. The highest BCUT2D eigenvalue weighted by molar-refractivity contribution is 5.96. The largest absolute Gasteiger partial charge is 0.356 e. The first-order chi connectivity index (χ1) is 14.0. The molecular formula is C20H18N6O3. The number of carbonyl (C=O) groups is 1. The van der Waals surface area contributed by atoms with Gasteiger partial charge in [0.05, 0.1) is 0 Å². The van der Waals surface area contributed by atoms with Crippen LogP contribution in [0.2, 0.25) is 0 Å². The summed E-state index contributed by atoms with van der Waals surface area (Å²) in [5.74, 6) is 0. The van der Waals surface area contributed by atoms with Crippen LogP contribution < -0.4 is 21.9 Å². The van der Waals surface area contributed by atoms with Crippen LogP contribution in [-0.2, 0) is 14.1 Å². The number of benzene rings is 2. The quantitative estimate of drug-likeness (QED) is 0.559. The van der Waals surface area contributed by atoms with E-state index in [1.807, 2.05) is 42.5 Å². The second-order valence-electron chi connectivity index (χ2n) is 6.49. The fourth-order valence-electron chi connectivity index (χ4n) is 3.01. The van der Waals surface area contributed by atoms with Gasteiger partial charge in [0.1, 0.15) is 6.33 Å². The van der Waals surface area contributed by atoms with Crippen molar-refractivity contribution in [2.24, 2.45) is 14.1 Å². The molecule has 2 aromatic carbocycles. The van der Waals surface area contributed by atoms with Gasteiger partial charge in [-0.15, -0.1) is 0 Å². The number of aryl methyl sites for hydroxylation is 1. The fourth-order valence-corrected chi connectivity index (χ4v) is 3.01. The molecule has 4 rings (SSSR count). The highest BCUT2D eigenvalue weighted by atomic mass is 16.2. The number of anilines is 3. The summed E-state index contributed by atoms with van der Waals surface area (Å²) in [5, 5.41) is 5.99. The van der Waals surface area contributed by atoms with E-state index in [9.17, 15) is 14.4 Å². The Morgan fingerprint density at radius 3 is 2.17 bits per heavy atom. The highest BCUT2D eigenvalue weighted by Crippen LogP contribution is 2.19. The predicted octanol–water partition coefficient (Wildman–Crippen LogP) is 2.26. The summed E-state index contributed by atoms with van der Waals surface area (Å²) in [6, 6.07) is 16.3. The molecule has 0 saturated carbocycles. The van der Waals surface area contributed by atoms with Gasteiger partial charge in [0.15, 0.2) is 11.2 Å². The van der Waals surface area contributed by atoms with E-state index < -0.39 is 17.3 Å². The lowest BCUT2D eigenvalue weighted by Gasteiger charge is -2.09. The predicted molar refractivity (Wildman–Crippen MR) is 111 cm³/mol. The summed E-state index contributed by atoms with van der Waals surface area (Å²) in [7, 11) is 2.86. The van der Waals surface area contributed by atoms with Gasteiger partial charge in [-0.3, -0.25) is 13.9 Å². The van der Waals surface area contributed by atoms with Crippen molar-refractivity contribution in [2.45, 2.75) is 0 Å². The summed E-state index contributed by atoms with van der Waals surface area (Å²) >= 11 is 0. The van der Waals surface area contributed by atoms with Crippen molar-refractivity contribution >= 4 is 34.3 Å². The van der Waals surface area contributed by atoms with Crippen LogP contribution in [0.4, 0.5) is 21.9 Å². The number of imidazole rings is 1. The number of amides is 1. The number of hydrogen-bond donors (Lipinski definition) is 2. The van der Waals surface area contributed by atoms with Gasteiger partial charge in [0.2, 0.25) is 0 Å². The van der Waals surface area contributed by atoms with E-state index in [-0.39, 0.29) is 11.2 Å². The first-order valence-corrected chi connectivity index (χ1v) is 8.82. The molecule has 2 heterocycles. The molecule has 0 bridgehead atoms. The third kappa shape index (κ3) is 3.29. The Labute approximate surface area is 164 Å². The molecule has 9 heteroatoms. The second-order valence-corrected chi connectivity index (χ2v) is 6.49. The number of nitrogens with one attached hydrogen (secondary N) is 2. The zero-order chi connectivity index (χ0) is 20.5. The summed E-state index contributed by atoms with van der Waals surface area (Å²) < 4.78 is 3.27. The minimum Gasteiger partial charge on any atom is -0.356 e. The molecule has 0 fully saturated rings. The Morgan fingerprint density at radius 1 is 0.862 bits per heavy atom. The van der Waals surface area contributed by atoms with Crippen LogP contribution in [0.15, 0.2) is 70.5 Å².